The molecule has 0 amide bonds. The third-order valence-electron chi connectivity index (χ3n) is 3.39. The largest absolute Gasteiger partial charge is 0.494 e. The number of carbonyl (C=O) groups is 1. The number of nitrogens with zero attached hydrogens (tertiary/aromatic N) is 1. The van der Waals surface area contributed by atoms with E-state index in [-0.39, 0.29) is 12.3 Å². The van der Waals surface area contributed by atoms with Crippen LogP contribution >= 0.6 is 0 Å². The summed E-state index contributed by atoms with van der Waals surface area (Å²) in [5.41, 5.74) is 2.61. The first kappa shape index (κ1) is 13.9. The van der Waals surface area contributed by atoms with E-state index in [1.165, 1.54) is 0 Å². The summed E-state index contributed by atoms with van der Waals surface area (Å²) in [6, 6.07) is 14.6. The molecule has 1 aromatic heterocycles. The lowest BCUT2D eigenvalue weighted by molar-refractivity contribution is -0.136. The molecule has 3 rings (SSSR count). The van der Waals surface area contributed by atoms with Crippen molar-refractivity contribution in [1.82, 2.24) is 4.98 Å². The third-order valence-corrected chi connectivity index (χ3v) is 3.39. The highest BCUT2D eigenvalue weighted by Gasteiger charge is 2.09. The Kier molecular flexibility index (Phi) is 3.62. The molecule has 22 heavy (non-hydrogen) atoms. The molecule has 3 aromatic rings. The van der Waals surface area contributed by atoms with Gasteiger partial charge in [0.1, 0.15) is 0 Å². The monoisotopic (exact) mass is 294 g/mol. The second-order valence-corrected chi connectivity index (χ2v) is 4.89. The molecule has 0 atom stereocenters. The molecule has 0 bridgehead atoms. The van der Waals surface area contributed by atoms with Crippen LogP contribution in [0.3, 0.4) is 0 Å². The summed E-state index contributed by atoms with van der Waals surface area (Å²) < 4.78 is 0. The number of aromatic nitrogens is 1. The van der Waals surface area contributed by atoms with E-state index < -0.39 is 5.97 Å². The van der Waals surface area contributed by atoms with Crippen molar-refractivity contribution in [1.29, 1.82) is 0 Å². The van der Waals surface area contributed by atoms with E-state index in [4.69, 9.17) is 5.11 Å². The van der Waals surface area contributed by atoms with Gasteiger partial charge in [-0.2, -0.15) is 0 Å². The maximum atomic E-state index is 10.9. The van der Waals surface area contributed by atoms with E-state index in [2.05, 4.69) is 9.98 Å². The quantitative estimate of drug-likeness (QED) is 0.646. The summed E-state index contributed by atoms with van der Waals surface area (Å²) in [6.07, 6.45) is 1.46. The van der Waals surface area contributed by atoms with Crippen LogP contribution in [-0.2, 0) is 11.2 Å². The number of H-pyrrole nitrogens is 1. The Labute approximate surface area is 126 Å². The van der Waals surface area contributed by atoms with Crippen molar-refractivity contribution in [3.05, 3.63) is 59.7 Å². The molecule has 0 unspecified atom stereocenters. The minimum atomic E-state index is -0.905. The topological polar surface area (TPSA) is 85.7 Å². The van der Waals surface area contributed by atoms with Gasteiger partial charge in [0, 0.05) is 17.1 Å². The fraction of sp³-hybridized carbons (Fsp3) is 0.0588. The lowest BCUT2D eigenvalue weighted by Crippen LogP contribution is -2.00. The number of carboxylic acids is 1. The maximum Gasteiger partial charge on any atom is 0.307 e. The molecule has 0 aliphatic rings. The molecule has 5 nitrogen and oxygen atoms in total. The van der Waals surface area contributed by atoms with Gasteiger partial charge in [-0.3, -0.25) is 9.79 Å². The number of aliphatic imine (C=N–C) groups is 1. The maximum absolute atomic E-state index is 10.9. The van der Waals surface area contributed by atoms with Crippen molar-refractivity contribution in [2.45, 2.75) is 6.42 Å². The Bertz CT molecular complexity index is 865. The molecule has 0 fully saturated rings. The second-order valence-electron chi connectivity index (χ2n) is 4.89. The average molecular weight is 294 g/mol. The zero-order chi connectivity index (χ0) is 15.5. The van der Waals surface area contributed by atoms with Gasteiger partial charge in [-0.15, -0.1) is 0 Å². The summed E-state index contributed by atoms with van der Waals surface area (Å²) in [5.74, 6) is -0.863. The normalized spacial score (nSPS) is 11.3. The Balaban J connectivity index is 2.00. The molecule has 1 heterocycles. The first-order valence-electron chi connectivity index (χ1n) is 6.78. The van der Waals surface area contributed by atoms with Crippen LogP contribution in [0.15, 0.2) is 53.5 Å². The molecule has 0 spiro atoms. The Morgan fingerprint density at radius 2 is 1.86 bits per heavy atom. The van der Waals surface area contributed by atoms with Gasteiger partial charge in [-0.05, 0) is 17.7 Å². The number of benzene rings is 2. The minimum Gasteiger partial charge on any atom is -0.494 e. The number of aliphatic carboxylic acids is 1. The van der Waals surface area contributed by atoms with E-state index in [1.807, 2.05) is 24.3 Å². The van der Waals surface area contributed by atoms with Crippen molar-refractivity contribution in [3.8, 4) is 5.88 Å². The van der Waals surface area contributed by atoms with E-state index in [0.29, 0.717) is 16.8 Å². The molecule has 0 aliphatic carbocycles. The van der Waals surface area contributed by atoms with Crippen LogP contribution in [0, 0.1) is 0 Å². The molecule has 0 saturated carbocycles. The Morgan fingerprint density at radius 3 is 2.68 bits per heavy atom. The highest BCUT2D eigenvalue weighted by molar-refractivity contribution is 6.02. The summed E-state index contributed by atoms with van der Waals surface area (Å²) in [7, 11) is 0. The van der Waals surface area contributed by atoms with Crippen LogP contribution in [0.2, 0.25) is 0 Å². The number of hydrogen-bond donors (Lipinski definition) is 3. The van der Waals surface area contributed by atoms with Gasteiger partial charge in [-0.25, -0.2) is 0 Å². The number of rotatable bonds is 4. The zero-order valence-electron chi connectivity index (χ0n) is 11.7. The highest BCUT2D eigenvalue weighted by Crippen LogP contribution is 2.26. The molecule has 0 radical (unpaired) electrons. The van der Waals surface area contributed by atoms with Gasteiger partial charge in [0.25, 0.3) is 0 Å². The number of hydrogen-bond acceptors (Lipinski definition) is 3. The smallest absolute Gasteiger partial charge is 0.307 e. The number of nitrogens with one attached hydrogen (secondary N) is 1. The lowest BCUT2D eigenvalue weighted by atomic mass is 10.1. The molecule has 0 saturated heterocycles. The predicted octanol–water partition coefficient (Wildman–Crippen LogP) is 3.25. The van der Waals surface area contributed by atoms with Crippen molar-refractivity contribution in [2.75, 3.05) is 0 Å². The van der Waals surface area contributed by atoms with Crippen LogP contribution in [0.1, 0.15) is 11.1 Å². The SMILES string of the molecule is O=C(O)Cc1ccccc1N=Cc1c(O)[nH]c2ccccc12. The van der Waals surface area contributed by atoms with Crippen molar-refractivity contribution < 1.29 is 15.0 Å². The van der Waals surface area contributed by atoms with Crippen LogP contribution in [0.5, 0.6) is 5.88 Å². The van der Waals surface area contributed by atoms with Crippen LogP contribution in [0.25, 0.3) is 10.9 Å². The Morgan fingerprint density at radius 1 is 1.14 bits per heavy atom. The average Bonchev–Trinajstić information content (AvgIpc) is 2.81. The number of para-hydroxylation sites is 2. The van der Waals surface area contributed by atoms with Crippen LogP contribution in [0.4, 0.5) is 5.69 Å². The van der Waals surface area contributed by atoms with Gasteiger partial charge >= 0.3 is 5.97 Å². The number of aromatic amines is 1. The number of fused-ring (bicyclic) bond motifs is 1. The van der Waals surface area contributed by atoms with Gasteiger partial charge in [0.05, 0.1) is 17.7 Å². The Hall–Kier alpha value is -3.08. The predicted molar refractivity (Wildman–Crippen MR) is 85.0 cm³/mol. The van der Waals surface area contributed by atoms with E-state index in [9.17, 15) is 9.90 Å². The molecule has 0 aliphatic heterocycles. The zero-order valence-corrected chi connectivity index (χ0v) is 11.7. The molecule has 2 aromatic carbocycles. The molecule has 3 N–H and O–H groups in total. The van der Waals surface area contributed by atoms with Crippen molar-refractivity contribution in [3.63, 3.8) is 0 Å². The second kappa shape index (κ2) is 5.73. The van der Waals surface area contributed by atoms with Crippen molar-refractivity contribution in [2.24, 2.45) is 4.99 Å². The van der Waals surface area contributed by atoms with E-state index in [0.717, 1.165) is 10.9 Å². The van der Waals surface area contributed by atoms with Crippen LogP contribution in [-0.4, -0.2) is 27.4 Å². The van der Waals surface area contributed by atoms with Crippen molar-refractivity contribution >= 4 is 28.8 Å². The summed E-state index contributed by atoms with van der Waals surface area (Å²) in [5, 5.41) is 19.8. The van der Waals surface area contributed by atoms with Crippen LogP contribution < -0.4 is 0 Å². The molecule has 5 heteroatoms. The first-order valence-corrected chi connectivity index (χ1v) is 6.78. The van der Waals surface area contributed by atoms with E-state index in [1.54, 1.807) is 30.5 Å². The standard InChI is InChI=1S/C17H14N2O3/c20-16(21)9-11-5-1-3-7-14(11)18-10-13-12-6-2-4-8-15(12)19-17(13)22/h1-8,10,19,22H,9H2,(H,20,21). The minimum absolute atomic E-state index is 0.0423. The first-order chi connectivity index (χ1) is 10.6. The number of aromatic hydroxyl groups is 1. The fourth-order valence-corrected chi connectivity index (χ4v) is 2.36. The highest BCUT2D eigenvalue weighted by atomic mass is 16.4. The molecular weight excluding hydrogens is 280 g/mol. The molecular formula is C17H14N2O3. The summed E-state index contributed by atoms with van der Waals surface area (Å²) in [4.78, 5) is 18.1. The van der Waals surface area contributed by atoms with Gasteiger partial charge in [0.15, 0.2) is 5.88 Å². The summed E-state index contributed by atoms with van der Waals surface area (Å²) in [6.45, 7) is 0. The lowest BCUT2D eigenvalue weighted by Gasteiger charge is -2.02. The number of carboxylic acid groups (broad SMARTS) is 1. The fourth-order valence-electron chi connectivity index (χ4n) is 2.36. The molecule has 110 valence electrons. The van der Waals surface area contributed by atoms with Gasteiger partial charge in [0.2, 0.25) is 0 Å². The summed E-state index contributed by atoms with van der Waals surface area (Å²) >= 11 is 0. The van der Waals surface area contributed by atoms with Gasteiger partial charge < -0.3 is 15.2 Å². The third kappa shape index (κ3) is 2.69. The van der Waals surface area contributed by atoms with E-state index >= 15 is 0 Å². The van der Waals surface area contributed by atoms with Gasteiger partial charge in [-0.1, -0.05) is 36.4 Å².